The highest BCUT2D eigenvalue weighted by molar-refractivity contribution is 7.11. The number of rotatable bonds is 4. The van der Waals surface area contributed by atoms with Gasteiger partial charge < -0.3 is 5.32 Å². The van der Waals surface area contributed by atoms with Crippen molar-refractivity contribution in [1.29, 1.82) is 0 Å². The van der Waals surface area contributed by atoms with Crippen LogP contribution in [0, 0.1) is 0 Å². The Morgan fingerprint density at radius 3 is 2.63 bits per heavy atom. The molecule has 0 saturated carbocycles. The summed E-state index contributed by atoms with van der Waals surface area (Å²) in [6.07, 6.45) is -0.920. The quantitative estimate of drug-likeness (QED) is 0.939. The zero-order valence-corrected chi connectivity index (χ0v) is 10.9. The SMILES string of the molecule is CNC(Cc1ccccn1)c1cnc(C(F)(F)F)s1. The fourth-order valence-electron chi connectivity index (χ4n) is 1.65. The Labute approximate surface area is 112 Å². The topological polar surface area (TPSA) is 37.8 Å². The molecule has 7 heteroatoms. The van der Waals surface area contributed by atoms with Crippen LogP contribution in [0.15, 0.2) is 30.6 Å². The van der Waals surface area contributed by atoms with Crippen molar-refractivity contribution in [2.45, 2.75) is 18.6 Å². The van der Waals surface area contributed by atoms with Gasteiger partial charge in [0.2, 0.25) is 0 Å². The van der Waals surface area contributed by atoms with Crippen LogP contribution in [0.25, 0.3) is 0 Å². The maximum Gasteiger partial charge on any atom is 0.443 e. The van der Waals surface area contributed by atoms with Crippen LogP contribution in [0.3, 0.4) is 0 Å². The Kier molecular flexibility index (Phi) is 4.16. The summed E-state index contributed by atoms with van der Waals surface area (Å²) >= 11 is 0.665. The maximum absolute atomic E-state index is 12.5. The van der Waals surface area contributed by atoms with Gasteiger partial charge in [-0.25, -0.2) is 4.98 Å². The molecule has 0 aliphatic heterocycles. The summed E-state index contributed by atoms with van der Waals surface area (Å²) in [6, 6.07) is 5.27. The zero-order valence-electron chi connectivity index (χ0n) is 10.1. The molecule has 0 aromatic carbocycles. The first kappa shape index (κ1) is 14.0. The number of thiazole rings is 1. The van der Waals surface area contributed by atoms with E-state index in [2.05, 4.69) is 15.3 Å². The van der Waals surface area contributed by atoms with Crippen molar-refractivity contribution in [3.8, 4) is 0 Å². The van der Waals surface area contributed by atoms with E-state index in [1.165, 1.54) is 6.20 Å². The van der Waals surface area contributed by atoms with Gasteiger partial charge in [-0.1, -0.05) is 6.07 Å². The van der Waals surface area contributed by atoms with E-state index in [1.54, 1.807) is 19.3 Å². The predicted octanol–water partition coefficient (Wildman–Crippen LogP) is 3.06. The summed E-state index contributed by atoms with van der Waals surface area (Å²) in [7, 11) is 1.71. The molecule has 0 aliphatic rings. The van der Waals surface area contributed by atoms with Crippen molar-refractivity contribution >= 4 is 11.3 Å². The molecule has 2 rings (SSSR count). The van der Waals surface area contributed by atoms with E-state index in [0.29, 0.717) is 22.6 Å². The molecule has 2 aromatic rings. The molecule has 2 aromatic heterocycles. The van der Waals surface area contributed by atoms with Crippen molar-refractivity contribution in [3.05, 3.63) is 46.2 Å². The van der Waals surface area contributed by atoms with E-state index in [-0.39, 0.29) is 6.04 Å². The molecule has 1 unspecified atom stereocenters. The fourth-order valence-corrected chi connectivity index (χ4v) is 2.54. The molecule has 102 valence electrons. The molecule has 0 spiro atoms. The number of alkyl halides is 3. The zero-order chi connectivity index (χ0) is 13.9. The molecular formula is C12H12F3N3S. The summed E-state index contributed by atoms with van der Waals surface area (Å²) in [5.41, 5.74) is 0.823. The van der Waals surface area contributed by atoms with Crippen LogP contribution in [0.4, 0.5) is 13.2 Å². The summed E-state index contributed by atoms with van der Waals surface area (Å²) in [4.78, 5) is 8.16. The van der Waals surface area contributed by atoms with Crippen LogP contribution in [0.1, 0.15) is 21.6 Å². The molecule has 0 radical (unpaired) electrons. The largest absolute Gasteiger partial charge is 0.443 e. The lowest BCUT2D eigenvalue weighted by molar-refractivity contribution is -0.137. The van der Waals surface area contributed by atoms with Crippen molar-refractivity contribution in [1.82, 2.24) is 15.3 Å². The highest BCUT2D eigenvalue weighted by Crippen LogP contribution is 2.34. The maximum atomic E-state index is 12.5. The fraction of sp³-hybridized carbons (Fsp3) is 0.333. The van der Waals surface area contributed by atoms with Gasteiger partial charge in [-0.2, -0.15) is 13.2 Å². The van der Waals surface area contributed by atoms with Crippen LogP contribution in [0.5, 0.6) is 0 Å². The van der Waals surface area contributed by atoms with E-state index in [0.717, 1.165) is 5.69 Å². The number of likely N-dealkylation sites (N-methyl/N-ethyl adjacent to an activating group) is 1. The molecule has 19 heavy (non-hydrogen) atoms. The first-order chi connectivity index (χ1) is 9.00. The Morgan fingerprint density at radius 2 is 2.11 bits per heavy atom. The van der Waals surface area contributed by atoms with Crippen molar-refractivity contribution < 1.29 is 13.2 Å². The highest BCUT2D eigenvalue weighted by atomic mass is 32.1. The molecule has 1 N–H and O–H groups in total. The van der Waals surface area contributed by atoms with Crippen molar-refractivity contribution in [2.75, 3.05) is 7.05 Å². The minimum absolute atomic E-state index is 0.219. The van der Waals surface area contributed by atoms with Gasteiger partial charge >= 0.3 is 6.18 Å². The number of halogens is 3. The number of aromatic nitrogens is 2. The minimum atomic E-state index is -4.38. The summed E-state index contributed by atoms with van der Waals surface area (Å²) < 4.78 is 37.5. The van der Waals surface area contributed by atoms with Gasteiger partial charge in [0, 0.05) is 35.4 Å². The Bertz CT molecular complexity index is 525. The standard InChI is InChI=1S/C12H12F3N3S/c1-16-9(6-8-4-2-3-5-17-8)10-7-18-11(19-10)12(13,14)15/h2-5,7,9,16H,6H2,1H3. The lowest BCUT2D eigenvalue weighted by Gasteiger charge is -2.13. The second-order valence-electron chi connectivity index (χ2n) is 3.93. The Hall–Kier alpha value is -1.47. The van der Waals surface area contributed by atoms with Crippen LogP contribution in [-0.2, 0) is 12.6 Å². The van der Waals surface area contributed by atoms with Gasteiger partial charge in [0.1, 0.15) is 0 Å². The predicted molar refractivity (Wildman–Crippen MR) is 66.9 cm³/mol. The summed E-state index contributed by atoms with van der Waals surface area (Å²) in [5, 5.41) is 2.18. The Balaban J connectivity index is 2.16. The summed E-state index contributed by atoms with van der Waals surface area (Å²) in [6.45, 7) is 0. The van der Waals surface area contributed by atoms with E-state index >= 15 is 0 Å². The smallest absolute Gasteiger partial charge is 0.312 e. The van der Waals surface area contributed by atoms with E-state index < -0.39 is 11.2 Å². The molecule has 0 amide bonds. The average Bonchev–Trinajstić information content (AvgIpc) is 2.86. The number of nitrogens with zero attached hydrogens (tertiary/aromatic N) is 2. The molecule has 0 aliphatic carbocycles. The number of pyridine rings is 1. The van der Waals surface area contributed by atoms with Gasteiger partial charge in [-0.3, -0.25) is 4.98 Å². The van der Waals surface area contributed by atoms with E-state index in [1.807, 2.05) is 12.1 Å². The third-order valence-corrected chi connectivity index (χ3v) is 3.75. The van der Waals surface area contributed by atoms with E-state index in [4.69, 9.17) is 0 Å². The lowest BCUT2D eigenvalue weighted by Crippen LogP contribution is -2.18. The van der Waals surface area contributed by atoms with Crippen LogP contribution >= 0.6 is 11.3 Å². The molecule has 2 heterocycles. The van der Waals surface area contributed by atoms with Crippen LogP contribution in [0.2, 0.25) is 0 Å². The van der Waals surface area contributed by atoms with Gasteiger partial charge in [-0.05, 0) is 19.2 Å². The third-order valence-electron chi connectivity index (χ3n) is 2.60. The monoisotopic (exact) mass is 287 g/mol. The van der Waals surface area contributed by atoms with Crippen LogP contribution in [-0.4, -0.2) is 17.0 Å². The molecular weight excluding hydrogens is 275 g/mol. The number of nitrogens with one attached hydrogen (secondary N) is 1. The normalized spacial score (nSPS) is 13.5. The third kappa shape index (κ3) is 3.51. The summed E-state index contributed by atoms with van der Waals surface area (Å²) in [5.74, 6) is 0. The highest BCUT2D eigenvalue weighted by Gasteiger charge is 2.35. The van der Waals surface area contributed by atoms with Gasteiger partial charge in [0.15, 0.2) is 5.01 Å². The van der Waals surface area contributed by atoms with Gasteiger partial charge in [0.25, 0.3) is 0 Å². The molecule has 0 saturated heterocycles. The van der Waals surface area contributed by atoms with Crippen molar-refractivity contribution in [3.63, 3.8) is 0 Å². The van der Waals surface area contributed by atoms with Gasteiger partial charge in [0.05, 0.1) is 0 Å². The molecule has 3 nitrogen and oxygen atoms in total. The minimum Gasteiger partial charge on any atom is -0.312 e. The lowest BCUT2D eigenvalue weighted by atomic mass is 10.1. The first-order valence-electron chi connectivity index (χ1n) is 5.61. The molecule has 0 bridgehead atoms. The second-order valence-corrected chi connectivity index (χ2v) is 4.99. The average molecular weight is 287 g/mol. The van der Waals surface area contributed by atoms with Crippen LogP contribution < -0.4 is 5.32 Å². The molecule has 0 fully saturated rings. The van der Waals surface area contributed by atoms with E-state index in [9.17, 15) is 13.2 Å². The first-order valence-corrected chi connectivity index (χ1v) is 6.42. The number of hydrogen-bond acceptors (Lipinski definition) is 4. The van der Waals surface area contributed by atoms with Gasteiger partial charge in [-0.15, -0.1) is 11.3 Å². The molecule has 1 atom stereocenters. The second kappa shape index (κ2) is 5.66. The number of hydrogen-bond donors (Lipinski definition) is 1. The Morgan fingerprint density at radius 1 is 1.32 bits per heavy atom. The van der Waals surface area contributed by atoms with Crippen molar-refractivity contribution in [2.24, 2.45) is 0 Å².